The van der Waals surface area contributed by atoms with Crippen LogP contribution < -0.4 is 0 Å². The highest BCUT2D eigenvalue weighted by atomic mass is 32.1. The van der Waals surface area contributed by atoms with E-state index >= 15 is 0 Å². The van der Waals surface area contributed by atoms with E-state index in [1.165, 1.54) is 6.07 Å². The summed E-state index contributed by atoms with van der Waals surface area (Å²) in [5, 5.41) is 8.52. The Morgan fingerprint density at radius 2 is 2.00 bits per heavy atom. The maximum absolute atomic E-state index is 12.3. The van der Waals surface area contributed by atoms with Gasteiger partial charge in [-0.3, -0.25) is 0 Å². The first-order chi connectivity index (χ1) is 6.50. The van der Waals surface area contributed by atoms with Crippen LogP contribution in [0.3, 0.4) is 0 Å². The normalized spacial score (nSPS) is 10.7. The summed E-state index contributed by atoms with van der Waals surface area (Å²) >= 11 is 4.20. The van der Waals surface area contributed by atoms with Crippen LogP contribution in [-0.2, 0) is 18.6 Å². The van der Waals surface area contributed by atoms with E-state index in [9.17, 15) is 13.2 Å². The summed E-state index contributed by atoms with van der Waals surface area (Å²) in [5.41, 5.74) is -1.64. The molecule has 0 aliphatic carbocycles. The van der Waals surface area contributed by atoms with Crippen LogP contribution >= 0.6 is 0 Å². The lowest BCUT2D eigenvalue weighted by atomic mass is 10.1. The molecular formula is C8H3F3N2S. The fourth-order valence-corrected chi connectivity index (χ4v) is 1.16. The van der Waals surface area contributed by atoms with E-state index in [0.717, 1.165) is 12.1 Å². The number of benzene rings is 1. The van der Waals surface area contributed by atoms with E-state index in [4.69, 9.17) is 5.26 Å². The molecule has 0 bridgehead atoms. The molecule has 6 heteroatoms. The van der Waals surface area contributed by atoms with Crippen molar-refractivity contribution in [2.24, 2.45) is 4.36 Å². The molecule has 14 heavy (non-hydrogen) atoms. The van der Waals surface area contributed by atoms with E-state index in [1.807, 2.05) is 0 Å². The monoisotopic (exact) mass is 216 g/mol. The summed E-state index contributed by atoms with van der Waals surface area (Å²) in [7, 11) is 0. The Kier molecular flexibility index (Phi) is 2.81. The molecule has 0 radical (unpaired) electrons. The molecule has 2 nitrogen and oxygen atoms in total. The summed E-state index contributed by atoms with van der Waals surface area (Å²) in [6, 6.07) is 4.82. The number of halogens is 3. The van der Waals surface area contributed by atoms with Crippen molar-refractivity contribution in [1.82, 2.24) is 0 Å². The van der Waals surface area contributed by atoms with Gasteiger partial charge in [0.25, 0.3) is 0 Å². The zero-order valence-corrected chi connectivity index (χ0v) is 7.49. The largest absolute Gasteiger partial charge is 0.418 e. The maximum Gasteiger partial charge on any atom is 0.418 e. The summed E-state index contributed by atoms with van der Waals surface area (Å²) in [5.74, 6) is 0. The minimum atomic E-state index is -4.54. The lowest BCUT2D eigenvalue weighted by Gasteiger charge is -2.09. The van der Waals surface area contributed by atoms with Crippen molar-refractivity contribution >= 4 is 18.1 Å². The van der Waals surface area contributed by atoms with Crippen LogP contribution in [0.25, 0.3) is 0 Å². The molecule has 1 rings (SSSR count). The molecule has 1 aromatic rings. The van der Waals surface area contributed by atoms with Gasteiger partial charge >= 0.3 is 6.18 Å². The molecule has 0 spiro atoms. The SMILES string of the molecule is N#Cc1cccc(C(F)(F)F)c1N=S. The highest BCUT2D eigenvalue weighted by Gasteiger charge is 2.34. The van der Waals surface area contributed by atoms with Gasteiger partial charge in [0.1, 0.15) is 11.8 Å². The van der Waals surface area contributed by atoms with Gasteiger partial charge in [0.15, 0.2) is 0 Å². The van der Waals surface area contributed by atoms with E-state index in [0.29, 0.717) is 0 Å². The number of rotatable bonds is 1. The summed E-state index contributed by atoms with van der Waals surface area (Å²) in [4.78, 5) is 0. The van der Waals surface area contributed by atoms with Crippen LogP contribution in [0.4, 0.5) is 18.9 Å². The Hall–Kier alpha value is -1.48. The van der Waals surface area contributed by atoms with Crippen LogP contribution in [0.2, 0.25) is 0 Å². The van der Waals surface area contributed by atoms with Crippen LogP contribution in [0.5, 0.6) is 0 Å². The first-order valence-corrected chi connectivity index (χ1v) is 3.81. The summed E-state index contributed by atoms with van der Waals surface area (Å²) in [6.45, 7) is 0. The highest BCUT2D eigenvalue weighted by molar-refractivity contribution is 7.47. The minimum absolute atomic E-state index is 0.171. The standard InChI is InChI=1S/C8H3F3N2S/c9-8(10,11)6-3-1-2-5(4-12)7(6)13-14/h1-3H. The second-order valence-electron chi connectivity index (χ2n) is 2.40. The average Bonchev–Trinajstić information content (AvgIpc) is 2.15. The van der Waals surface area contributed by atoms with E-state index in [-0.39, 0.29) is 5.56 Å². The molecular weight excluding hydrogens is 213 g/mol. The van der Waals surface area contributed by atoms with E-state index in [2.05, 4.69) is 16.8 Å². The van der Waals surface area contributed by atoms with Crippen molar-refractivity contribution in [3.63, 3.8) is 0 Å². The third-order valence-corrected chi connectivity index (χ3v) is 1.74. The Morgan fingerprint density at radius 1 is 1.36 bits per heavy atom. The molecule has 0 saturated heterocycles. The van der Waals surface area contributed by atoms with Gasteiger partial charge in [-0.15, -0.1) is 0 Å². The molecule has 0 unspecified atom stereocenters. The first-order valence-electron chi connectivity index (χ1n) is 3.44. The van der Waals surface area contributed by atoms with Crippen LogP contribution in [0.15, 0.2) is 22.6 Å². The number of alkyl halides is 3. The number of nitrogens with zero attached hydrogens (tertiary/aromatic N) is 2. The molecule has 72 valence electrons. The molecule has 1 aromatic carbocycles. The number of nitriles is 1. The van der Waals surface area contributed by atoms with Crippen molar-refractivity contribution in [2.45, 2.75) is 6.18 Å². The Labute approximate surface area is 83.1 Å². The fraction of sp³-hybridized carbons (Fsp3) is 0.125. The van der Waals surface area contributed by atoms with Crippen molar-refractivity contribution in [3.05, 3.63) is 29.3 Å². The molecule has 0 aliphatic heterocycles. The predicted octanol–water partition coefficient (Wildman–Crippen LogP) is 2.94. The van der Waals surface area contributed by atoms with Gasteiger partial charge in [-0.25, -0.2) is 0 Å². The average molecular weight is 216 g/mol. The third kappa shape index (κ3) is 1.88. The molecule has 0 amide bonds. The molecule has 0 saturated carbocycles. The van der Waals surface area contributed by atoms with Gasteiger partial charge in [-0.2, -0.15) is 22.8 Å². The Morgan fingerprint density at radius 3 is 2.43 bits per heavy atom. The van der Waals surface area contributed by atoms with Crippen molar-refractivity contribution in [3.8, 4) is 6.07 Å². The van der Waals surface area contributed by atoms with Gasteiger partial charge in [0, 0.05) is 12.4 Å². The molecule has 0 atom stereocenters. The van der Waals surface area contributed by atoms with Crippen LogP contribution in [0.1, 0.15) is 11.1 Å². The minimum Gasteiger partial charge on any atom is -0.192 e. The number of hydrogen-bond donors (Lipinski definition) is 0. The topological polar surface area (TPSA) is 36.1 Å². The van der Waals surface area contributed by atoms with Crippen molar-refractivity contribution in [1.29, 1.82) is 5.26 Å². The van der Waals surface area contributed by atoms with E-state index in [1.54, 1.807) is 6.07 Å². The zero-order chi connectivity index (χ0) is 10.8. The van der Waals surface area contributed by atoms with Gasteiger partial charge < -0.3 is 0 Å². The van der Waals surface area contributed by atoms with E-state index < -0.39 is 17.4 Å². The van der Waals surface area contributed by atoms with Gasteiger partial charge in [-0.1, -0.05) is 6.07 Å². The second-order valence-corrected chi connectivity index (χ2v) is 2.59. The predicted molar refractivity (Wildman–Crippen MR) is 45.6 cm³/mol. The van der Waals surface area contributed by atoms with Crippen LogP contribution in [-0.4, -0.2) is 0 Å². The van der Waals surface area contributed by atoms with Gasteiger partial charge in [0.05, 0.1) is 11.1 Å². The van der Waals surface area contributed by atoms with Gasteiger partial charge in [0.2, 0.25) is 0 Å². The zero-order valence-electron chi connectivity index (χ0n) is 6.67. The lowest BCUT2D eigenvalue weighted by molar-refractivity contribution is -0.137. The quantitative estimate of drug-likeness (QED) is 0.723. The fourth-order valence-electron chi connectivity index (χ4n) is 0.961. The second kappa shape index (κ2) is 3.72. The number of hydrogen-bond acceptors (Lipinski definition) is 3. The molecule has 0 N–H and O–H groups in total. The Bertz CT molecular complexity index is 406. The molecule has 0 aliphatic rings. The molecule has 0 fully saturated rings. The van der Waals surface area contributed by atoms with Crippen LogP contribution in [0, 0.1) is 11.3 Å². The summed E-state index contributed by atoms with van der Waals surface area (Å²) in [6.07, 6.45) is -4.54. The summed E-state index contributed by atoms with van der Waals surface area (Å²) < 4.78 is 40.1. The smallest absolute Gasteiger partial charge is 0.192 e. The Balaban J connectivity index is 3.46. The molecule has 0 aromatic heterocycles. The third-order valence-electron chi connectivity index (χ3n) is 1.55. The van der Waals surface area contributed by atoms with Gasteiger partial charge in [-0.05, 0) is 12.1 Å². The van der Waals surface area contributed by atoms with Crippen molar-refractivity contribution < 1.29 is 13.2 Å². The maximum atomic E-state index is 12.3. The van der Waals surface area contributed by atoms with Crippen molar-refractivity contribution in [2.75, 3.05) is 0 Å². The lowest BCUT2D eigenvalue weighted by Crippen LogP contribution is -2.05. The molecule has 0 heterocycles. The highest BCUT2D eigenvalue weighted by Crippen LogP contribution is 2.37. The first kappa shape index (κ1) is 10.6.